The summed E-state index contributed by atoms with van der Waals surface area (Å²) in [6.45, 7) is 0. The number of hydrogen-bond acceptors (Lipinski definition) is 1. The van der Waals surface area contributed by atoms with E-state index in [-0.39, 0.29) is 6.42 Å². The average molecular weight is 317 g/mol. The third-order valence-electron chi connectivity index (χ3n) is 2.91. The zero-order chi connectivity index (χ0) is 14.7. The highest BCUT2D eigenvalue weighted by Gasteiger charge is 2.10. The minimum Gasteiger partial charge on any atom is -0.392 e. The summed E-state index contributed by atoms with van der Waals surface area (Å²) in [5.41, 5.74) is 1.37. The van der Waals surface area contributed by atoms with Gasteiger partial charge in [0.25, 0.3) is 0 Å². The second-order valence-corrected chi connectivity index (χ2v) is 5.37. The molecule has 106 valence electrons. The largest absolute Gasteiger partial charge is 0.392 e. The van der Waals surface area contributed by atoms with Crippen LogP contribution in [-0.4, -0.2) is 11.2 Å². The van der Waals surface area contributed by atoms with E-state index in [1.165, 1.54) is 6.07 Å². The summed E-state index contributed by atoms with van der Waals surface area (Å²) >= 11 is 11.7. The summed E-state index contributed by atoms with van der Waals surface area (Å²) in [5, 5.41) is 10.9. The molecule has 0 bridgehead atoms. The molecule has 0 saturated heterocycles. The van der Waals surface area contributed by atoms with Gasteiger partial charge < -0.3 is 5.11 Å². The van der Waals surface area contributed by atoms with Crippen molar-refractivity contribution in [1.82, 2.24) is 0 Å². The molecule has 0 saturated carbocycles. The van der Waals surface area contributed by atoms with Crippen LogP contribution in [0.25, 0.3) is 0 Å². The Morgan fingerprint density at radius 1 is 0.850 bits per heavy atom. The zero-order valence-electron chi connectivity index (χ0n) is 10.4. The van der Waals surface area contributed by atoms with Gasteiger partial charge in [-0.15, -0.1) is 0 Å². The molecule has 1 nitrogen and oxygen atoms in total. The highest BCUT2D eigenvalue weighted by molar-refractivity contribution is 6.42. The van der Waals surface area contributed by atoms with E-state index >= 15 is 0 Å². The lowest BCUT2D eigenvalue weighted by atomic mass is 10.0. The molecule has 0 aliphatic rings. The number of hydrogen-bond donors (Lipinski definition) is 1. The van der Waals surface area contributed by atoms with Gasteiger partial charge in [0.2, 0.25) is 0 Å². The second-order valence-electron chi connectivity index (χ2n) is 4.56. The van der Waals surface area contributed by atoms with Gasteiger partial charge in [0.05, 0.1) is 16.1 Å². The molecule has 0 heterocycles. The summed E-state index contributed by atoms with van der Waals surface area (Å²) in [6.07, 6.45) is -0.120. The number of aliphatic hydroxyl groups excluding tert-OH is 1. The van der Waals surface area contributed by atoms with E-state index in [2.05, 4.69) is 0 Å². The van der Waals surface area contributed by atoms with Crippen molar-refractivity contribution in [3.63, 3.8) is 0 Å². The SMILES string of the molecule is OC(Cc1ccc(F)c(F)c1)Cc1ccc(Cl)c(Cl)c1. The first-order chi connectivity index (χ1) is 9.45. The molecule has 0 aliphatic carbocycles. The standard InChI is InChI=1S/C15H12Cl2F2O/c16-12-3-1-9(7-13(12)17)5-11(20)6-10-2-4-14(18)15(19)8-10/h1-4,7-8,11,20H,5-6H2. The second kappa shape index (κ2) is 6.53. The van der Waals surface area contributed by atoms with Crippen LogP contribution < -0.4 is 0 Å². The quantitative estimate of drug-likeness (QED) is 0.885. The van der Waals surface area contributed by atoms with E-state index in [0.717, 1.165) is 17.7 Å². The number of aliphatic hydroxyl groups is 1. The third-order valence-corrected chi connectivity index (χ3v) is 3.65. The third kappa shape index (κ3) is 3.92. The van der Waals surface area contributed by atoms with Gasteiger partial charge in [-0.1, -0.05) is 35.3 Å². The van der Waals surface area contributed by atoms with Crippen LogP contribution in [0.1, 0.15) is 11.1 Å². The lowest BCUT2D eigenvalue weighted by Crippen LogP contribution is -2.14. The van der Waals surface area contributed by atoms with Crippen molar-refractivity contribution < 1.29 is 13.9 Å². The molecule has 0 amide bonds. The summed E-state index contributed by atoms with van der Waals surface area (Å²) in [7, 11) is 0. The smallest absolute Gasteiger partial charge is 0.159 e. The fourth-order valence-corrected chi connectivity index (χ4v) is 2.27. The highest BCUT2D eigenvalue weighted by Crippen LogP contribution is 2.23. The fraction of sp³-hybridized carbons (Fsp3) is 0.200. The van der Waals surface area contributed by atoms with Crippen molar-refractivity contribution in [1.29, 1.82) is 0 Å². The normalized spacial score (nSPS) is 12.4. The van der Waals surface area contributed by atoms with Crippen molar-refractivity contribution in [3.05, 3.63) is 69.2 Å². The number of halogens is 4. The van der Waals surface area contributed by atoms with E-state index in [9.17, 15) is 13.9 Å². The predicted octanol–water partition coefficient (Wildman–Crippen LogP) is 4.42. The molecule has 0 spiro atoms. The average Bonchev–Trinajstić information content (AvgIpc) is 2.38. The van der Waals surface area contributed by atoms with Crippen molar-refractivity contribution in [3.8, 4) is 0 Å². The van der Waals surface area contributed by atoms with Crippen LogP contribution in [0, 0.1) is 11.6 Å². The Hall–Kier alpha value is -1.16. The minimum atomic E-state index is -0.913. The van der Waals surface area contributed by atoms with Gasteiger partial charge in [-0.05, 0) is 48.2 Å². The fourth-order valence-electron chi connectivity index (χ4n) is 1.95. The molecule has 20 heavy (non-hydrogen) atoms. The van der Waals surface area contributed by atoms with E-state index in [1.54, 1.807) is 18.2 Å². The lowest BCUT2D eigenvalue weighted by Gasteiger charge is -2.11. The van der Waals surface area contributed by atoms with Gasteiger partial charge in [0, 0.05) is 0 Å². The molecular formula is C15H12Cl2F2O. The highest BCUT2D eigenvalue weighted by atomic mass is 35.5. The van der Waals surface area contributed by atoms with E-state index in [1.807, 2.05) is 0 Å². The van der Waals surface area contributed by atoms with Crippen LogP contribution in [0.3, 0.4) is 0 Å². The van der Waals surface area contributed by atoms with E-state index in [0.29, 0.717) is 22.0 Å². The first-order valence-electron chi connectivity index (χ1n) is 6.01. The maximum Gasteiger partial charge on any atom is 0.159 e. The van der Waals surface area contributed by atoms with Crippen molar-refractivity contribution in [2.24, 2.45) is 0 Å². The lowest BCUT2D eigenvalue weighted by molar-refractivity contribution is 0.175. The molecule has 1 N–H and O–H groups in total. The first-order valence-corrected chi connectivity index (χ1v) is 6.77. The summed E-state index contributed by atoms with van der Waals surface area (Å²) in [6, 6.07) is 8.70. The van der Waals surface area contributed by atoms with Gasteiger partial charge in [0.15, 0.2) is 11.6 Å². The molecule has 0 fully saturated rings. The summed E-state index contributed by atoms with van der Waals surface area (Å²) in [5.74, 6) is -1.81. The minimum absolute atomic E-state index is 0.234. The topological polar surface area (TPSA) is 20.2 Å². The Balaban J connectivity index is 2.02. The van der Waals surface area contributed by atoms with Crippen molar-refractivity contribution in [2.45, 2.75) is 18.9 Å². The van der Waals surface area contributed by atoms with Crippen LogP contribution in [0.4, 0.5) is 8.78 Å². The Morgan fingerprint density at radius 2 is 1.45 bits per heavy atom. The Bertz CT molecular complexity index is 563. The number of benzene rings is 2. The summed E-state index contributed by atoms with van der Waals surface area (Å²) in [4.78, 5) is 0. The van der Waals surface area contributed by atoms with Gasteiger partial charge in [0.1, 0.15) is 0 Å². The summed E-state index contributed by atoms with van der Waals surface area (Å²) < 4.78 is 25.9. The molecule has 1 unspecified atom stereocenters. The molecule has 2 rings (SSSR count). The van der Waals surface area contributed by atoms with Gasteiger partial charge in [-0.3, -0.25) is 0 Å². The molecule has 1 atom stereocenters. The van der Waals surface area contributed by atoms with Crippen LogP contribution in [-0.2, 0) is 12.8 Å². The van der Waals surface area contributed by atoms with Crippen molar-refractivity contribution >= 4 is 23.2 Å². The van der Waals surface area contributed by atoms with Crippen LogP contribution in [0.5, 0.6) is 0 Å². The molecule has 2 aromatic carbocycles. The van der Waals surface area contributed by atoms with Crippen LogP contribution >= 0.6 is 23.2 Å². The van der Waals surface area contributed by atoms with Crippen molar-refractivity contribution in [2.75, 3.05) is 0 Å². The van der Waals surface area contributed by atoms with Gasteiger partial charge in [-0.25, -0.2) is 8.78 Å². The predicted molar refractivity (Wildman–Crippen MR) is 76.2 cm³/mol. The van der Waals surface area contributed by atoms with E-state index < -0.39 is 17.7 Å². The molecular weight excluding hydrogens is 305 g/mol. The molecule has 0 aromatic heterocycles. The molecule has 2 aromatic rings. The van der Waals surface area contributed by atoms with Crippen LogP contribution in [0.15, 0.2) is 36.4 Å². The zero-order valence-corrected chi connectivity index (χ0v) is 11.9. The Kier molecular flexibility index (Phi) is 4.97. The Labute approximate surface area is 125 Å². The maximum absolute atomic E-state index is 13.1. The number of rotatable bonds is 4. The molecule has 5 heteroatoms. The Morgan fingerprint density at radius 3 is 2.05 bits per heavy atom. The van der Waals surface area contributed by atoms with Crippen LogP contribution in [0.2, 0.25) is 10.0 Å². The maximum atomic E-state index is 13.1. The molecule has 0 aliphatic heterocycles. The van der Waals surface area contributed by atoms with Gasteiger partial charge >= 0.3 is 0 Å². The first kappa shape index (κ1) is 15.2. The van der Waals surface area contributed by atoms with E-state index in [4.69, 9.17) is 23.2 Å². The monoisotopic (exact) mass is 316 g/mol. The van der Waals surface area contributed by atoms with Gasteiger partial charge in [-0.2, -0.15) is 0 Å². The molecule has 0 radical (unpaired) electrons.